The minimum absolute atomic E-state index is 0.478. The summed E-state index contributed by atoms with van der Waals surface area (Å²) in [4.78, 5) is 0. The van der Waals surface area contributed by atoms with Gasteiger partial charge in [0.1, 0.15) is 9.92 Å². The maximum absolute atomic E-state index is 11.1. The maximum Gasteiger partial charge on any atom is 0.104 e. The van der Waals surface area contributed by atoms with Gasteiger partial charge < -0.3 is 0 Å². The first-order valence-corrected chi connectivity index (χ1v) is 4.94. The van der Waals surface area contributed by atoms with Crippen molar-refractivity contribution in [2.75, 3.05) is 13.3 Å². The average Bonchev–Trinajstić information content (AvgIpc) is 2.50. The third kappa shape index (κ3) is 2.32. The van der Waals surface area contributed by atoms with E-state index in [-0.39, 0.29) is 0 Å². The molecule has 1 atom stereocenters. The summed E-state index contributed by atoms with van der Waals surface area (Å²) in [5.74, 6) is 0. The molecule has 1 rings (SSSR count). The standard InChI is InChI=1S/C5H12N2OS/c1-6-9(2,8)7-5-3-4-5/h5H,3-4H2,1-2H3,(H,6,7,8). The van der Waals surface area contributed by atoms with E-state index in [1.165, 1.54) is 0 Å². The molecule has 3 nitrogen and oxygen atoms in total. The molecule has 0 aromatic rings. The molecule has 1 saturated carbocycles. The number of rotatable bonds is 2. The smallest absolute Gasteiger partial charge is 0.104 e. The zero-order valence-electron chi connectivity index (χ0n) is 5.76. The molecule has 1 fully saturated rings. The lowest BCUT2D eigenvalue weighted by atomic mass is 10.8. The molecule has 4 heteroatoms. The second kappa shape index (κ2) is 2.27. The van der Waals surface area contributed by atoms with E-state index in [2.05, 4.69) is 9.08 Å². The molecule has 1 N–H and O–H groups in total. The van der Waals surface area contributed by atoms with Gasteiger partial charge in [-0.05, 0) is 12.8 Å². The highest BCUT2D eigenvalue weighted by atomic mass is 32.2. The molecule has 0 aromatic heterocycles. The first-order valence-electron chi connectivity index (χ1n) is 3.01. The second-order valence-corrected chi connectivity index (χ2v) is 4.58. The Kier molecular flexibility index (Phi) is 1.77. The topological polar surface area (TPSA) is 41.5 Å². The highest BCUT2D eigenvalue weighted by Crippen LogP contribution is 2.19. The summed E-state index contributed by atoms with van der Waals surface area (Å²) in [6.07, 6.45) is 3.94. The van der Waals surface area contributed by atoms with E-state index in [0.717, 1.165) is 12.8 Å². The van der Waals surface area contributed by atoms with Crippen molar-refractivity contribution >= 4 is 9.92 Å². The van der Waals surface area contributed by atoms with Crippen LogP contribution in [0.5, 0.6) is 0 Å². The molecular weight excluding hydrogens is 136 g/mol. The van der Waals surface area contributed by atoms with Crippen LogP contribution in [0.1, 0.15) is 12.8 Å². The van der Waals surface area contributed by atoms with Crippen molar-refractivity contribution in [1.82, 2.24) is 4.72 Å². The fraction of sp³-hybridized carbons (Fsp3) is 1.00. The van der Waals surface area contributed by atoms with Crippen molar-refractivity contribution in [2.24, 2.45) is 4.36 Å². The molecular formula is C5H12N2OS. The quantitative estimate of drug-likeness (QED) is 0.604. The normalized spacial score (nSPS) is 25.1. The van der Waals surface area contributed by atoms with Crippen LogP contribution >= 0.6 is 0 Å². The number of nitrogens with zero attached hydrogens (tertiary/aromatic N) is 1. The van der Waals surface area contributed by atoms with Gasteiger partial charge in [0.25, 0.3) is 0 Å². The Morgan fingerprint density at radius 3 is 2.56 bits per heavy atom. The zero-order chi connectivity index (χ0) is 6.91. The minimum Gasteiger partial charge on any atom is -0.234 e. The van der Waals surface area contributed by atoms with Crippen LogP contribution in [0.4, 0.5) is 0 Å². The Morgan fingerprint density at radius 2 is 2.22 bits per heavy atom. The third-order valence-electron chi connectivity index (χ3n) is 1.31. The summed E-state index contributed by atoms with van der Waals surface area (Å²) in [6.45, 7) is 0. The van der Waals surface area contributed by atoms with Crippen LogP contribution in [-0.4, -0.2) is 23.6 Å². The summed E-state index contributed by atoms with van der Waals surface area (Å²) in [6, 6.07) is 0.478. The lowest BCUT2D eigenvalue weighted by Crippen LogP contribution is -2.23. The summed E-state index contributed by atoms with van der Waals surface area (Å²) in [5.41, 5.74) is 0. The Labute approximate surface area is 56.2 Å². The van der Waals surface area contributed by atoms with Gasteiger partial charge in [0.05, 0.1) is 0 Å². The monoisotopic (exact) mass is 148 g/mol. The summed E-state index contributed by atoms with van der Waals surface area (Å²) in [5, 5.41) is 0. The second-order valence-electron chi connectivity index (χ2n) is 2.38. The largest absolute Gasteiger partial charge is 0.234 e. The predicted octanol–water partition coefficient (Wildman–Crippen LogP) is 0.381. The van der Waals surface area contributed by atoms with Crippen molar-refractivity contribution in [3.05, 3.63) is 0 Å². The summed E-state index contributed by atoms with van der Waals surface area (Å²) < 4.78 is 17.8. The number of hydrogen-bond donors (Lipinski definition) is 1. The molecule has 0 amide bonds. The van der Waals surface area contributed by atoms with Gasteiger partial charge in [-0.15, -0.1) is 0 Å². The van der Waals surface area contributed by atoms with Crippen molar-refractivity contribution < 1.29 is 4.21 Å². The molecule has 0 spiro atoms. The van der Waals surface area contributed by atoms with Gasteiger partial charge in [-0.3, -0.25) is 0 Å². The fourth-order valence-corrected chi connectivity index (χ4v) is 1.52. The molecule has 0 saturated heterocycles. The van der Waals surface area contributed by atoms with Gasteiger partial charge in [0.2, 0.25) is 0 Å². The highest BCUT2D eigenvalue weighted by Gasteiger charge is 2.23. The lowest BCUT2D eigenvalue weighted by Gasteiger charge is -2.01. The van der Waals surface area contributed by atoms with E-state index >= 15 is 0 Å². The van der Waals surface area contributed by atoms with E-state index in [1.54, 1.807) is 13.3 Å². The van der Waals surface area contributed by atoms with Crippen molar-refractivity contribution in [1.29, 1.82) is 0 Å². The SMILES string of the molecule is CN=S(C)(=O)NC1CC1. The first-order chi connectivity index (χ1) is 4.14. The molecule has 54 valence electrons. The third-order valence-corrected chi connectivity index (χ3v) is 2.78. The van der Waals surface area contributed by atoms with Gasteiger partial charge in [0, 0.05) is 19.3 Å². The van der Waals surface area contributed by atoms with E-state index in [4.69, 9.17) is 0 Å². The minimum atomic E-state index is -2.03. The maximum atomic E-state index is 11.1. The van der Waals surface area contributed by atoms with Crippen LogP contribution in [0.3, 0.4) is 0 Å². The molecule has 1 unspecified atom stereocenters. The Balaban J connectivity index is 2.50. The molecule has 0 bridgehead atoms. The van der Waals surface area contributed by atoms with Crippen molar-refractivity contribution in [3.8, 4) is 0 Å². The molecule has 1 aliphatic carbocycles. The number of hydrogen-bond acceptors (Lipinski definition) is 2. The van der Waals surface area contributed by atoms with Gasteiger partial charge in [0.15, 0.2) is 0 Å². The van der Waals surface area contributed by atoms with Crippen LogP contribution in [-0.2, 0) is 9.92 Å². The van der Waals surface area contributed by atoms with Crippen LogP contribution in [0, 0.1) is 0 Å². The van der Waals surface area contributed by atoms with Gasteiger partial charge >= 0.3 is 0 Å². The van der Waals surface area contributed by atoms with Crippen LogP contribution < -0.4 is 4.72 Å². The first kappa shape index (κ1) is 7.02. The predicted molar refractivity (Wildman–Crippen MR) is 38.6 cm³/mol. The van der Waals surface area contributed by atoms with Crippen LogP contribution in [0.2, 0.25) is 0 Å². The molecule has 0 radical (unpaired) electrons. The van der Waals surface area contributed by atoms with Crippen LogP contribution in [0.25, 0.3) is 0 Å². The Hall–Kier alpha value is -0.0900. The molecule has 9 heavy (non-hydrogen) atoms. The molecule has 0 heterocycles. The van der Waals surface area contributed by atoms with Crippen molar-refractivity contribution in [2.45, 2.75) is 18.9 Å². The van der Waals surface area contributed by atoms with Gasteiger partial charge in [-0.2, -0.15) is 0 Å². The fourth-order valence-electron chi connectivity index (χ4n) is 0.563. The van der Waals surface area contributed by atoms with Crippen LogP contribution in [0.15, 0.2) is 4.36 Å². The van der Waals surface area contributed by atoms with Gasteiger partial charge in [-0.25, -0.2) is 13.3 Å². The van der Waals surface area contributed by atoms with E-state index in [1.807, 2.05) is 0 Å². The Morgan fingerprint density at radius 1 is 1.67 bits per heavy atom. The molecule has 1 aliphatic rings. The molecule has 0 aliphatic heterocycles. The highest BCUT2D eigenvalue weighted by molar-refractivity contribution is 7.91. The summed E-state index contributed by atoms with van der Waals surface area (Å²) in [7, 11) is -0.450. The van der Waals surface area contributed by atoms with Crippen molar-refractivity contribution in [3.63, 3.8) is 0 Å². The Bertz CT molecular complexity index is 201. The lowest BCUT2D eigenvalue weighted by molar-refractivity contribution is 0.668. The van der Waals surface area contributed by atoms with E-state index < -0.39 is 9.92 Å². The number of nitrogens with one attached hydrogen (secondary N) is 1. The van der Waals surface area contributed by atoms with E-state index in [9.17, 15) is 4.21 Å². The molecule has 0 aromatic carbocycles. The zero-order valence-corrected chi connectivity index (χ0v) is 6.57. The summed E-state index contributed by atoms with van der Waals surface area (Å²) >= 11 is 0. The average molecular weight is 148 g/mol. The van der Waals surface area contributed by atoms with E-state index in [0.29, 0.717) is 6.04 Å². The van der Waals surface area contributed by atoms with Gasteiger partial charge in [-0.1, -0.05) is 0 Å².